The van der Waals surface area contributed by atoms with Gasteiger partial charge in [-0.3, -0.25) is 14.7 Å². The Morgan fingerprint density at radius 3 is 3.04 bits per heavy atom. The number of ether oxygens (including phenoxy) is 1. The summed E-state index contributed by atoms with van der Waals surface area (Å²) >= 11 is 0. The Morgan fingerprint density at radius 1 is 1.33 bits per heavy atom. The van der Waals surface area contributed by atoms with Gasteiger partial charge in [-0.05, 0) is 19.4 Å². The quantitative estimate of drug-likeness (QED) is 0.828. The number of carbonyl (C=O) groups is 1. The van der Waals surface area contributed by atoms with Gasteiger partial charge in [0.15, 0.2) is 0 Å². The number of fused-ring (bicyclic) bond motifs is 1. The first-order chi connectivity index (χ1) is 13.1. The molecule has 27 heavy (non-hydrogen) atoms. The van der Waals surface area contributed by atoms with E-state index in [4.69, 9.17) is 4.74 Å². The molecule has 142 valence electrons. The normalized spacial score (nSPS) is 23.1. The third-order valence-corrected chi connectivity index (χ3v) is 5.31. The Balaban J connectivity index is 1.50. The molecule has 1 aromatic heterocycles. The highest BCUT2D eigenvalue weighted by Crippen LogP contribution is 2.26. The van der Waals surface area contributed by atoms with Gasteiger partial charge >= 0.3 is 0 Å². The average Bonchev–Trinajstić information content (AvgIpc) is 2.70. The summed E-state index contributed by atoms with van der Waals surface area (Å²) in [6, 6.07) is 5.13. The summed E-state index contributed by atoms with van der Waals surface area (Å²) in [7, 11) is 0. The Hall–Kier alpha value is -2.38. The van der Waals surface area contributed by atoms with Crippen LogP contribution in [0.3, 0.4) is 0 Å². The molecule has 1 aromatic carbocycles. The van der Waals surface area contributed by atoms with Crippen LogP contribution in [0.1, 0.15) is 28.0 Å². The average molecular weight is 370 g/mol. The highest BCUT2D eigenvalue weighted by atomic mass is 19.1. The SMILES string of the molecule is Cc1ccc(F)c(CN2CC[C@H]3OCCN(C(=O)c4cnccn4)[C@@H]3C2)c1. The van der Waals surface area contributed by atoms with Gasteiger partial charge in [-0.1, -0.05) is 17.7 Å². The van der Waals surface area contributed by atoms with Crippen LogP contribution in [0.15, 0.2) is 36.8 Å². The number of benzene rings is 1. The largest absolute Gasteiger partial charge is 0.374 e. The number of amides is 1. The number of hydrogen-bond donors (Lipinski definition) is 0. The zero-order valence-electron chi connectivity index (χ0n) is 15.3. The highest BCUT2D eigenvalue weighted by molar-refractivity contribution is 5.92. The van der Waals surface area contributed by atoms with Crippen molar-refractivity contribution < 1.29 is 13.9 Å². The fourth-order valence-electron chi connectivity index (χ4n) is 3.96. The van der Waals surface area contributed by atoms with Crippen molar-refractivity contribution in [1.29, 1.82) is 0 Å². The second-order valence-corrected chi connectivity index (χ2v) is 7.18. The number of morpholine rings is 1. The van der Waals surface area contributed by atoms with Gasteiger partial charge in [0.25, 0.3) is 5.91 Å². The molecule has 2 saturated heterocycles. The Labute approximate surface area is 158 Å². The highest BCUT2D eigenvalue weighted by Gasteiger charge is 2.39. The summed E-state index contributed by atoms with van der Waals surface area (Å²) in [5, 5.41) is 0. The third kappa shape index (κ3) is 3.84. The van der Waals surface area contributed by atoms with E-state index in [1.807, 2.05) is 17.9 Å². The molecule has 0 saturated carbocycles. The lowest BCUT2D eigenvalue weighted by molar-refractivity contribution is -0.0916. The van der Waals surface area contributed by atoms with E-state index in [-0.39, 0.29) is 23.9 Å². The molecule has 0 unspecified atom stereocenters. The van der Waals surface area contributed by atoms with Gasteiger partial charge in [-0.2, -0.15) is 0 Å². The van der Waals surface area contributed by atoms with Crippen LogP contribution in [-0.2, 0) is 11.3 Å². The van der Waals surface area contributed by atoms with Crippen molar-refractivity contribution >= 4 is 5.91 Å². The van der Waals surface area contributed by atoms with Gasteiger partial charge in [0.05, 0.1) is 24.9 Å². The molecular formula is C20H23FN4O2. The first-order valence-electron chi connectivity index (χ1n) is 9.28. The molecule has 0 aliphatic carbocycles. The van der Waals surface area contributed by atoms with Crippen molar-refractivity contribution in [3.63, 3.8) is 0 Å². The first-order valence-corrected chi connectivity index (χ1v) is 9.28. The topological polar surface area (TPSA) is 58.6 Å². The zero-order chi connectivity index (χ0) is 18.8. The van der Waals surface area contributed by atoms with E-state index in [1.165, 1.54) is 18.5 Å². The number of carbonyl (C=O) groups excluding carboxylic acids is 1. The van der Waals surface area contributed by atoms with E-state index < -0.39 is 0 Å². The summed E-state index contributed by atoms with van der Waals surface area (Å²) in [5.41, 5.74) is 2.08. The third-order valence-electron chi connectivity index (χ3n) is 5.31. The predicted molar refractivity (Wildman–Crippen MR) is 97.6 cm³/mol. The summed E-state index contributed by atoms with van der Waals surface area (Å²) in [4.78, 5) is 25.1. The number of piperidine rings is 1. The van der Waals surface area contributed by atoms with Gasteiger partial charge in [0, 0.05) is 44.1 Å². The molecule has 4 rings (SSSR count). The van der Waals surface area contributed by atoms with Crippen LogP contribution in [0.2, 0.25) is 0 Å². The van der Waals surface area contributed by atoms with E-state index in [0.29, 0.717) is 37.5 Å². The van der Waals surface area contributed by atoms with Crippen molar-refractivity contribution in [2.24, 2.45) is 0 Å². The minimum Gasteiger partial charge on any atom is -0.374 e. The molecule has 7 heteroatoms. The minimum atomic E-state index is -0.185. The molecule has 3 heterocycles. The van der Waals surface area contributed by atoms with Crippen LogP contribution < -0.4 is 0 Å². The van der Waals surface area contributed by atoms with Gasteiger partial charge < -0.3 is 9.64 Å². The van der Waals surface area contributed by atoms with Gasteiger partial charge in [0.2, 0.25) is 0 Å². The second kappa shape index (κ2) is 7.70. The lowest BCUT2D eigenvalue weighted by atomic mass is 9.97. The minimum absolute atomic E-state index is 0.0120. The number of rotatable bonds is 3. The summed E-state index contributed by atoms with van der Waals surface area (Å²) in [6.07, 6.45) is 5.41. The van der Waals surface area contributed by atoms with Crippen LogP contribution >= 0.6 is 0 Å². The number of aryl methyl sites for hydroxylation is 1. The van der Waals surface area contributed by atoms with E-state index >= 15 is 0 Å². The number of halogens is 1. The van der Waals surface area contributed by atoms with Crippen LogP contribution in [0.25, 0.3) is 0 Å². The molecule has 0 bridgehead atoms. The van der Waals surface area contributed by atoms with Crippen LogP contribution in [0, 0.1) is 12.7 Å². The standard InChI is InChI=1S/C20H23FN4O2/c1-14-2-3-16(21)15(10-14)12-24-7-4-19-18(13-24)25(8-9-27-19)20(26)17-11-22-5-6-23-17/h2-3,5-6,10-11,18-19H,4,7-9,12-13H2,1H3/t18-,19-/m1/s1. The van der Waals surface area contributed by atoms with Crippen LogP contribution in [-0.4, -0.2) is 64.1 Å². The Morgan fingerprint density at radius 2 is 2.22 bits per heavy atom. The molecule has 6 nitrogen and oxygen atoms in total. The van der Waals surface area contributed by atoms with Gasteiger partial charge in [-0.25, -0.2) is 9.37 Å². The van der Waals surface area contributed by atoms with E-state index in [2.05, 4.69) is 14.9 Å². The molecule has 2 aliphatic heterocycles. The van der Waals surface area contributed by atoms with E-state index in [9.17, 15) is 9.18 Å². The molecule has 2 atom stereocenters. The molecule has 0 spiro atoms. The van der Waals surface area contributed by atoms with Crippen LogP contribution in [0.5, 0.6) is 0 Å². The summed E-state index contributed by atoms with van der Waals surface area (Å²) in [5.74, 6) is -0.305. The van der Waals surface area contributed by atoms with Crippen molar-refractivity contribution in [2.45, 2.75) is 32.0 Å². The van der Waals surface area contributed by atoms with E-state index in [1.54, 1.807) is 12.3 Å². The number of nitrogens with zero attached hydrogens (tertiary/aromatic N) is 4. The molecule has 0 radical (unpaired) electrons. The number of hydrogen-bond acceptors (Lipinski definition) is 5. The second-order valence-electron chi connectivity index (χ2n) is 7.18. The van der Waals surface area contributed by atoms with Gasteiger partial charge in [0.1, 0.15) is 11.5 Å². The van der Waals surface area contributed by atoms with Crippen molar-refractivity contribution in [3.05, 3.63) is 59.4 Å². The lowest BCUT2D eigenvalue weighted by Gasteiger charge is -2.47. The molecule has 2 aromatic rings. The summed E-state index contributed by atoms with van der Waals surface area (Å²) in [6.45, 7) is 5.03. The molecular weight excluding hydrogens is 347 g/mol. The van der Waals surface area contributed by atoms with Crippen molar-refractivity contribution in [2.75, 3.05) is 26.2 Å². The van der Waals surface area contributed by atoms with E-state index in [0.717, 1.165) is 18.5 Å². The van der Waals surface area contributed by atoms with Gasteiger partial charge in [-0.15, -0.1) is 0 Å². The maximum absolute atomic E-state index is 14.2. The lowest BCUT2D eigenvalue weighted by Crippen LogP contribution is -2.61. The Kier molecular flexibility index (Phi) is 5.13. The molecule has 0 N–H and O–H groups in total. The van der Waals surface area contributed by atoms with Crippen molar-refractivity contribution in [3.8, 4) is 0 Å². The fourth-order valence-corrected chi connectivity index (χ4v) is 3.96. The molecule has 1 amide bonds. The molecule has 2 fully saturated rings. The maximum atomic E-state index is 14.2. The predicted octanol–water partition coefficient (Wildman–Crippen LogP) is 2.04. The van der Waals surface area contributed by atoms with Crippen molar-refractivity contribution in [1.82, 2.24) is 19.8 Å². The fraction of sp³-hybridized carbons (Fsp3) is 0.450. The monoisotopic (exact) mass is 370 g/mol. The summed E-state index contributed by atoms with van der Waals surface area (Å²) < 4.78 is 20.1. The number of likely N-dealkylation sites (tertiary alicyclic amines) is 1. The number of aromatic nitrogens is 2. The maximum Gasteiger partial charge on any atom is 0.274 e. The Bertz CT molecular complexity index is 817. The first kappa shape index (κ1) is 18.0. The van der Waals surface area contributed by atoms with Crippen LogP contribution in [0.4, 0.5) is 4.39 Å². The smallest absolute Gasteiger partial charge is 0.274 e. The zero-order valence-corrected chi connectivity index (χ0v) is 15.3. The molecule has 2 aliphatic rings.